The maximum atomic E-state index is 11.7. The lowest BCUT2D eigenvalue weighted by Crippen LogP contribution is -2.48. The quantitative estimate of drug-likeness (QED) is 0.645. The number of methoxy groups -OCH3 is 1. The molecule has 1 rings (SSSR count). The number of hydrogen-bond acceptors (Lipinski definition) is 2. The van der Waals surface area contributed by atoms with Crippen molar-refractivity contribution in [1.82, 2.24) is 0 Å². The van der Waals surface area contributed by atoms with E-state index in [9.17, 15) is 4.79 Å². The van der Waals surface area contributed by atoms with Gasteiger partial charge >= 0.3 is 5.24 Å². The van der Waals surface area contributed by atoms with Gasteiger partial charge in [0.25, 0.3) is 0 Å². The van der Waals surface area contributed by atoms with Gasteiger partial charge in [0.05, 0.1) is 20.2 Å². The zero-order chi connectivity index (χ0) is 12.9. The molecule has 4 heteroatoms. The van der Waals surface area contributed by atoms with Gasteiger partial charge in [-0.05, 0) is 50.7 Å². The Morgan fingerprint density at radius 3 is 2.12 bits per heavy atom. The first-order valence-electron chi connectivity index (χ1n) is 5.80. The number of amides is 1. The molecule has 17 heavy (non-hydrogen) atoms. The third-order valence-electron chi connectivity index (χ3n) is 3.26. The smallest absolute Gasteiger partial charge is 0.372 e. The van der Waals surface area contributed by atoms with Crippen molar-refractivity contribution in [3.8, 4) is 5.75 Å². The van der Waals surface area contributed by atoms with Gasteiger partial charge in [-0.2, -0.15) is 0 Å². The molecule has 0 heterocycles. The van der Waals surface area contributed by atoms with E-state index in [1.54, 1.807) is 7.11 Å². The van der Waals surface area contributed by atoms with Crippen LogP contribution < -0.4 is 4.74 Å². The van der Waals surface area contributed by atoms with Gasteiger partial charge in [-0.1, -0.05) is 0 Å². The predicted molar refractivity (Wildman–Crippen MR) is 72.4 cm³/mol. The fourth-order valence-electron chi connectivity index (χ4n) is 1.87. The van der Waals surface area contributed by atoms with Crippen LogP contribution in [0.5, 0.6) is 5.75 Å². The Morgan fingerprint density at radius 2 is 1.76 bits per heavy atom. The molecule has 0 bridgehead atoms. The molecule has 94 valence electrons. The molecule has 0 atom stereocenters. The maximum absolute atomic E-state index is 11.7. The molecule has 0 radical (unpaired) electrons. The SMILES string of the molecule is CC[N+](CC)(Cc1ccc(OC)cc1)C(=O)S. The van der Waals surface area contributed by atoms with Crippen LogP contribution in [0.3, 0.4) is 0 Å². The molecule has 1 amide bonds. The number of thiol groups is 1. The Bertz CT molecular complexity index is 372. The molecule has 0 aromatic heterocycles. The van der Waals surface area contributed by atoms with Crippen LogP contribution in [0.1, 0.15) is 19.4 Å². The number of benzene rings is 1. The number of carbonyl (C=O) groups excluding carboxylic acids is 1. The van der Waals surface area contributed by atoms with Gasteiger partial charge in [0.2, 0.25) is 0 Å². The molecule has 0 aliphatic heterocycles. The molecule has 0 aliphatic carbocycles. The lowest BCUT2D eigenvalue weighted by molar-refractivity contribution is -0.853. The van der Waals surface area contributed by atoms with Gasteiger partial charge in [-0.3, -0.25) is 0 Å². The number of carbonyl (C=O) groups is 1. The van der Waals surface area contributed by atoms with Crippen molar-refractivity contribution in [1.29, 1.82) is 0 Å². The highest BCUT2D eigenvalue weighted by atomic mass is 32.1. The highest BCUT2D eigenvalue weighted by Gasteiger charge is 2.30. The Kier molecular flexibility index (Phi) is 5.02. The van der Waals surface area contributed by atoms with Gasteiger partial charge in [0.1, 0.15) is 12.3 Å². The van der Waals surface area contributed by atoms with Crippen molar-refractivity contribution in [2.45, 2.75) is 20.4 Å². The average Bonchev–Trinajstić information content (AvgIpc) is 2.36. The summed E-state index contributed by atoms with van der Waals surface area (Å²) in [6.07, 6.45) is 0. The first-order chi connectivity index (χ1) is 8.07. The standard InChI is InChI=1S/C13H19NO2S/c1-4-14(5-2,13(15)17)10-11-6-8-12(16-3)9-7-11/h6-9H,4-5,10H2,1-3H3/p+1. The fourth-order valence-corrected chi connectivity index (χ4v) is 2.22. The summed E-state index contributed by atoms with van der Waals surface area (Å²) in [5.41, 5.74) is 1.12. The molecule has 0 saturated heterocycles. The minimum atomic E-state index is -0.0779. The molecule has 0 saturated carbocycles. The molecule has 1 aromatic carbocycles. The van der Waals surface area contributed by atoms with E-state index in [0.29, 0.717) is 11.0 Å². The Labute approximate surface area is 108 Å². The molecular formula is C13H20NO2S+. The third-order valence-corrected chi connectivity index (χ3v) is 3.68. The van der Waals surface area contributed by atoms with Crippen LogP contribution >= 0.6 is 12.6 Å². The molecule has 0 unspecified atom stereocenters. The first-order valence-corrected chi connectivity index (χ1v) is 6.25. The van der Waals surface area contributed by atoms with Crippen LogP contribution in [0.4, 0.5) is 4.79 Å². The van der Waals surface area contributed by atoms with Crippen LogP contribution in [0.15, 0.2) is 24.3 Å². The first kappa shape index (κ1) is 14.1. The molecule has 0 spiro atoms. The fraction of sp³-hybridized carbons (Fsp3) is 0.462. The van der Waals surface area contributed by atoms with Gasteiger partial charge in [-0.15, -0.1) is 0 Å². The lowest BCUT2D eigenvalue weighted by atomic mass is 10.2. The van der Waals surface area contributed by atoms with E-state index in [4.69, 9.17) is 4.74 Å². The summed E-state index contributed by atoms with van der Waals surface area (Å²) in [6, 6.07) is 7.82. The van der Waals surface area contributed by atoms with Crippen molar-refractivity contribution in [3.63, 3.8) is 0 Å². The van der Waals surface area contributed by atoms with Crippen LogP contribution in [-0.4, -0.2) is 29.9 Å². The highest BCUT2D eigenvalue weighted by Crippen LogP contribution is 2.19. The van der Waals surface area contributed by atoms with E-state index in [1.165, 1.54) is 0 Å². The second-order valence-electron chi connectivity index (χ2n) is 4.07. The topological polar surface area (TPSA) is 26.3 Å². The van der Waals surface area contributed by atoms with E-state index in [2.05, 4.69) is 12.6 Å². The number of ether oxygens (including phenoxy) is 1. The molecule has 0 fully saturated rings. The van der Waals surface area contributed by atoms with Gasteiger partial charge in [0.15, 0.2) is 0 Å². The second-order valence-corrected chi connectivity index (χ2v) is 4.45. The monoisotopic (exact) mass is 254 g/mol. The van der Waals surface area contributed by atoms with Crippen molar-refractivity contribution >= 4 is 17.9 Å². The van der Waals surface area contributed by atoms with Gasteiger partial charge in [-0.25, -0.2) is 9.28 Å². The van der Waals surface area contributed by atoms with Crippen LogP contribution in [-0.2, 0) is 6.54 Å². The molecule has 3 nitrogen and oxygen atoms in total. The normalized spacial score (nSPS) is 11.3. The second kappa shape index (κ2) is 6.07. The summed E-state index contributed by atoms with van der Waals surface area (Å²) in [5, 5.41) is -0.0779. The average molecular weight is 254 g/mol. The van der Waals surface area contributed by atoms with E-state index in [0.717, 1.165) is 24.4 Å². The summed E-state index contributed by atoms with van der Waals surface area (Å²) in [6.45, 7) is 6.22. The maximum Gasteiger partial charge on any atom is 0.372 e. The summed E-state index contributed by atoms with van der Waals surface area (Å²) in [5.74, 6) is 0.831. The zero-order valence-corrected chi connectivity index (χ0v) is 11.5. The largest absolute Gasteiger partial charge is 0.497 e. The molecule has 0 N–H and O–H groups in total. The Morgan fingerprint density at radius 1 is 1.24 bits per heavy atom. The number of nitrogens with zero attached hydrogens (tertiary/aromatic N) is 1. The summed E-state index contributed by atoms with van der Waals surface area (Å²) in [4.78, 5) is 11.7. The summed E-state index contributed by atoms with van der Waals surface area (Å²) >= 11 is 4.02. The number of quaternary nitrogens is 1. The number of hydrogen-bond donors (Lipinski definition) is 1. The summed E-state index contributed by atoms with van der Waals surface area (Å²) < 4.78 is 5.48. The van der Waals surface area contributed by atoms with Crippen molar-refractivity contribution < 1.29 is 14.0 Å². The molecule has 1 aromatic rings. The molecule has 0 aliphatic rings. The summed E-state index contributed by atoms with van der Waals surface area (Å²) in [7, 11) is 1.64. The van der Waals surface area contributed by atoms with E-state index < -0.39 is 0 Å². The van der Waals surface area contributed by atoms with Crippen molar-refractivity contribution in [3.05, 3.63) is 29.8 Å². The van der Waals surface area contributed by atoms with E-state index in [-0.39, 0.29) is 5.24 Å². The van der Waals surface area contributed by atoms with Crippen molar-refractivity contribution in [2.75, 3.05) is 20.2 Å². The minimum Gasteiger partial charge on any atom is -0.497 e. The highest BCUT2D eigenvalue weighted by molar-refractivity contribution is 7.96. The van der Waals surface area contributed by atoms with Crippen LogP contribution in [0, 0.1) is 0 Å². The van der Waals surface area contributed by atoms with E-state index in [1.807, 2.05) is 38.1 Å². The van der Waals surface area contributed by atoms with Gasteiger partial charge in [0, 0.05) is 5.56 Å². The Balaban J connectivity index is 2.89. The minimum absolute atomic E-state index is 0.0779. The van der Waals surface area contributed by atoms with Crippen LogP contribution in [0.25, 0.3) is 0 Å². The zero-order valence-electron chi connectivity index (χ0n) is 10.6. The van der Waals surface area contributed by atoms with Crippen molar-refractivity contribution in [2.24, 2.45) is 0 Å². The Hall–Kier alpha value is -1.000. The number of rotatable bonds is 5. The van der Waals surface area contributed by atoms with Crippen LogP contribution in [0.2, 0.25) is 0 Å². The lowest BCUT2D eigenvalue weighted by Gasteiger charge is -2.32. The van der Waals surface area contributed by atoms with E-state index >= 15 is 0 Å². The third kappa shape index (κ3) is 3.23. The predicted octanol–water partition coefficient (Wildman–Crippen LogP) is 3.10. The molecular weight excluding hydrogens is 234 g/mol. The van der Waals surface area contributed by atoms with Gasteiger partial charge < -0.3 is 4.74 Å².